The lowest BCUT2D eigenvalue weighted by Gasteiger charge is -2.30. The van der Waals surface area contributed by atoms with Crippen molar-refractivity contribution in [1.29, 1.82) is 0 Å². The summed E-state index contributed by atoms with van der Waals surface area (Å²) in [6.07, 6.45) is 2.32. The third kappa shape index (κ3) is 3.37. The minimum absolute atomic E-state index is 0.401. The van der Waals surface area contributed by atoms with Gasteiger partial charge in [-0.25, -0.2) is 4.98 Å². The van der Waals surface area contributed by atoms with Crippen LogP contribution in [0.1, 0.15) is 34.6 Å². The fourth-order valence-electron chi connectivity index (χ4n) is 3.19. The third-order valence-corrected chi connectivity index (χ3v) is 5.18. The van der Waals surface area contributed by atoms with Crippen molar-refractivity contribution in [2.75, 3.05) is 13.1 Å². The fraction of sp³-hybridized carbons (Fsp3) is 0.412. The minimum Gasteiger partial charge on any atom is -0.296 e. The van der Waals surface area contributed by atoms with Crippen molar-refractivity contribution < 1.29 is 0 Å². The number of likely N-dealkylation sites (tertiary alicyclic amines) is 1. The van der Waals surface area contributed by atoms with Crippen LogP contribution in [0.3, 0.4) is 0 Å². The fourth-order valence-corrected chi connectivity index (χ4v) is 3.94. The Morgan fingerprint density at radius 2 is 2.12 bits per heavy atom. The van der Waals surface area contributed by atoms with E-state index in [1.54, 1.807) is 11.3 Å². The highest BCUT2D eigenvalue weighted by atomic mass is 32.1. The van der Waals surface area contributed by atoms with Crippen LogP contribution >= 0.6 is 11.3 Å². The Morgan fingerprint density at radius 1 is 1.25 bits per heavy atom. The van der Waals surface area contributed by atoms with E-state index in [9.17, 15) is 0 Å². The van der Waals surface area contributed by atoms with Gasteiger partial charge in [0.05, 0.1) is 6.54 Å². The molecule has 3 heterocycles. The predicted octanol–water partition coefficient (Wildman–Crippen LogP) is 3.01. The highest BCUT2D eigenvalue weighted by Crippen LogP contribution is 2.27. The molecule has 6 nitrogen and oxygen atoms in total. The Balaban J connectivity index is 1.45. The summed E-state index contributed by atoms with van der Waals surface area (Å²) in [5.41, 5.74) is 1.05. The van der Waals surface area contributed by atoms with Crippen molar-refractivity contribution in [2.24, 2.45) is 0 Å². The molecule has 124 valence electrons. The summed E-state index contributed by atoms with van der Waals surface area (Å²) < 4.78 is 0. The largest absolute Gasteiger partial charge is 0.296 e. The van der Waals surface area contributed by atoms with Crippen molar-refractivity contribution in [3.05, 3.63) is 46.2 Å². The molecule has 0 aliphatic carbocycles. The van der Waals surface area contributed by atoms with Crippen LogP contribution < -0.4 is 0 Å². The number of H-pyrrole nitrogens is 1. The smallest absolute Gasteiger partial charge is 0.181 e. The van der Waals surface area contributed by atoms with Crippen LogP contribution in [0.2, 0.25) is 0 Å². The van der Waals surface area contributed by atoms with Gasteiger partial charge in [-0.3, -0.25) is 10.00 Å². The first-order chi connectivity index (χ1) is 11.8. The van der Waals surface area contributed by atoms with Crippen molar-refractivity contribution in [3.63, 3.8) is 0 Å². The van der Waals surface area contributed by atoms with Crippen LogP contribution in [0.5, 0.6) is 0 Å². The van der Waals surface area contributed by atoms with E-state index in [1.165, 1.54) is 6.42 Å². The molecule has 0 radical (unpaired) electrons. The van der Waals surface area contributed by atoms with E-state index in [2.05, 4.69) is 25.3 Å². The predicted molar refractivity (Wildman–Crippen MR) is 93.7 cm³/mol. The van der Waals surface area contributed by atoms with Gasteiger partial charge in [-0.1, -0.05) is 30.3 Å². The molecule has 1 aliphatic heterocycles. The van der Waals surface area contributed by atoms with Crippen LogP contribution in [-0.2, 0) is 6.54 Å². The van der Waals surface area contributed by atoms with Gasteiger partial charge in [0, 0.05) is 18.0 Å². The number of benzene rings is 1. The molecule has 2 aromatic heterocycles. The molecule has 1 saturated heterocycles. The first-order valence-corrected chi connectivity index (χ1v) is 9.08. The molecule has 0 saturated carbocycles. The van der Waals surface area contributed by atoms with E-state index in [-0.39, 0.29) is 0 Å². The van der Waals surface area contributed by atoms with Crippen LogP contribution in [0.25, 0.3) is 11.4 Å². The summed E-state index contributed by atoms with van der Waals surface area (Å²) in [6.45, 7) is 4.97. The molecule has 4 rings (SSSR count). The maximum atomic E-state index is 4.73. The molecule has 0 spiro atoms. The van der Waals surface area contributed by atoms with Crippen LogP contribution in [0.4, 0.5) is 0 Å². The number of hydrogen-bond acceptors (Lipinski definition) is 6. The lowest BCUT2D eigenvalue weighted by Crippen LogP contribution is -2.34. The summed E-state index contributed by atoms with van der Waals surface area (Å²) in [4.78, 5) is 7.17. The highest BCUT2D eigenvalue weighted by Gasteiger charge is 2.25. The maximum absolute atomic E-state index is 4.73. The molecule has 7 heteroatoms. The van der Waals surface area contributed by atoms with E-state index in [0.717, 1.165) is 53.3 Å². The van der Waals surface area contributed by atoms with E-state index in [1.807, 2.05) is 37.3 Å². The lowest BCUT2D eigenvalue weighted by molar-refractivity contribution is 0.196. The molecule has 1 N–H and O–H groups in total. The zero-order valence-corrected chi connectivity index (χ0v) is 14.5. The number of aromatic nitrogens is 5. The number of piperidine rings is 1. The zero-order chi connectivity index (χ0) is 16.4. The van der Waals surface area contributed by atoms with Crippen LogP contribution in [0, 0.1) is 6.92 Å². The molecule has 24 heavy (non-hydrogen) atoms. The van der Waals surface area contributed by atoms with Gasteiger partial charge in [-0.2, -0.15) is 5.10 Å². The van der Waals surface area contributed by atoms with Crippen molar-refractivity contribution in [2.45, 2.75) is 32.2 Å². The number of aromatic amines is 1. The molecule has 1 aliphatic rings. The molecular formula is C17H20N6S. The number of nitrogens with zero attached hydrogens (tertiary/aromatic N) is 5. The first-order valence-electron chi connectivity index (χ1n) is 8.27. The lowest BCUT2D eigenvalue weighted by atomic mass is 9.97. The Morgan fingerprint density at radius 3 is 2.92 bits per heavy atom. The molecular weight excluding hydrogens is 320 g/mol. The summed E-state index contributed by atoms with van der Waals surface area (Å²) in [7, 11) is 0. The van der Waals surface area contributed by atoms with Crippen LogP contribution in [-0.4, -0.2) is 43.4 Å². The van der Waals surface area contributed by atoms with Gasteiger partial charge in [0.25, 0.3) is 0 Å². The third-order valence-electron chi connectivity index (χ3n) is 4.35. The molecule has 0 bridgehead atoms. The Bertz CT molecular complexity index is 796. The van der Waals surface area contributed by atoms with Crippen molar-refractivity contribution in [3.8, 4) is 11.4 Å². The average Bonchev–Trinajstić information content (AvgIpc) is 3.25. The summed E-state index contributed by atoms with van der Waals surface area (Å²) in [6, 6.07) is 10.1. The summed E-state index contributed by atoms with van der Waals surface area (Å²) in [5, 5.41) is 18.0. The van der Waals surface area contributed by atoms with Crippen molar-refractivity contribution in [1.82, 2.24) is 30.3 Å². The van der Waals surface area contributed by atoms with Gasteiger partial charge in [0.15, 0.2) is 5.82 Å². The van der Waals surface area contributed by atoms with Gasteiger partial charge in [0.2, 0.25) is 0 Å². The summed E-state index contributed by atoms with van der Waals surface area (Å²) >= 11 is 1.68. The van der Waals surface area contributed by atoms with E-state index in [0.29, 0.717) is 5.92 Å². The highest BCUT2D eigenvalue weighted by molar-refractivity contribution is 7.11. The van der Waals surface area contributed by atoms with Gasteiger partial charge in [0.1, 0.15) is 15.8 Å². The minimum atomic E-state index is 0.401. The van der Waals surface area contributed by atoms with Gasteiger partial charge in [-0.05, 0) is 26.3 Å². The topological polar surface area (TPSA) is 70.6 Å². The summed E-state index contributed by atoms with van der Waals surface area (Å²) in [5.74, 6) is 2.17. The average molecular weight is 340 g/mol. The number of nitrogens with one attached hydrogen (secondary N) is 1. The molecule has 3 aromatic rings. The number of hydrogen-bond donors (Lipinski definition) is 1. The monoisotopic (exact) mass is 340 g/mol. The quantitative estimate of drug-likeness (QED) is 0.790. The normalized spacial score (nSPS) is 18.8. The Kier molecular flexibility index (Phi) is 4.36. The van der Waals surface area contributed by atoms with Crippen molar-refractivity contribution >= 4 is 11.3 Å². The van der Waals surface area contributed by atoms with E-state index in [4.69, 9.17) is 4.98 Å². The van der Waals surface area contributed by atoms with Gasteiger partial charge >= 0.3 is 0 Å². The Labute approximate surface area is 145 Å². The van der Waals surface area contributed by atoms with Gasteiger partial charge in [-0.15, -0.1) is 21.5 Å². The first kappa shape index (κ1) is 15.4. The molecule has 1 aromatic carbocycles. The molecule has 1 fully saturated rings. The maximum Gasteiger partial charge on any atom is 0.181 e. The van der Waals surface area contributed by atoms with Crippen LogP contribution in [0.15, 0.2) is 30.3 Å². The second-order valence-electron chi connectivity index (χ2n) is 6.20. The Hall–Kier alpha value is -2.12. The number of aryl methyl sites for hydroxylation is 1. The zero-order valence-electron chi connectivity index (χ0n) is 13.6. The second kappa shape index (κ2) is 6.78. The standard InChI is InChI=1S/C17H20N6S/c1-12-19-20-15(24-12)11-23-9-5-8-14(10-23)17-18-16(21-22-17)13-6-3-2-4-7-13/h2-4,6-7,14H,5,8-11H2,1H3,(H,18,21,22)/t14-/m1/s1. The molecule has 1 atom stereocenters. The SMILES string of the molecule is Cc1nnc(CN2CCC[C@@H](c3nc(-c4ccccc4)n[nH]3)C2)s1. The molecule has 0 unspecified atom stereocenters. The van der Waals surface area contributed by atoms with E-state index >= 15 is 0 Å². The van der Waals surface area contributed by atoms with E-state index < -0.39 is 0 Å². The molecule has 0 amide bonds. The second-order valence-corrected chi connectivity index (χ2v) is 7.47. The van der Waals surface area contributed by atoms with Gasteiger partial charge < -0.3 is 0 Å². The number of rotatable bonds is 4.